The van der Waals surface area contributed by atoms with Crippen LogP contribution < -0.4 is 0 Å². The highest BCUT2D eigenvalue weighted by Crippen LogP contribution is 2.07. The third-order valence-electron chi connectivity index (χ3n) is 0.655. The molecule has 0 N–H and O–H groups in total. The molecule has 0 aromatic rings. The Balaban J connectivity index is 2.91. The van der Waals surface area contributed by atoms with Crippen molar-refractivity contribution in [2.45, 2.75) is 39.0 Å². The Bertz CT molecular complexity index is 58.1. The van der Waals surface area contributed by atoms with E-state index in [1.807, 2.05) is 20.6 Å². The Hall–Kier alpha value is 0.375. The van der Waals surface area contributed by atoms with Gasteiger partial charge in [0.1, 0.15) is 0 Å². The molecule has 0 aromatic heterocycles. The SMILES string of the molecule is CC(C)O[B]SC(C)C. The summed E-state index contributed by atoms with van der Waals surface area (Å²) in [6.07, 6.45) is 0.316. The van der Waals surface area contributed by atoms with Crippen LogP contribution in [0.25, 0.3) is 0 Å². The molecule has 53 valence electrons. The van der Waals surface area contributed by atoms with E-state index >= 15 is 0 Å². The lowest BCUT2D eigenvalue weighted by atomic mass is 10.4. The maximum absolute atomic E-state index is 5.19. The molecule has 0 aliphatic carbocycles. The molecule has 0 aliphatic rings. The standard InChI is InChI=1S/C6H14BOS/c1-5(2)8-7-9-6(3)4/h5-6H,1-4H3. The maximum Gasteiger partial charge on any atom is 0.372 e. The average Bonchev–Trinajstić information content (AvgIpc) is 1.63. The van der Waals surface area contributed by atoms with E-state index in [2.05, 4.69) is 13.8 Å². The quantitative estimate of drug-likeness (QED) is 0.560. The Morgan fingerprint density at radius 1 is 1.22 bits per heavy atom. The zero-order chi connectivity index (χ0) is 7.28. The highest BCUT2D eigenvalue weighted by Gasteiger charge is 1.98. The van der Waals surface area contributed by atoms with E-state index in [0.717, 1.165) is 0 Å². The molecule has 1 nitrogen and oxygen atoms in total. The van der Waals surface area contributed by atoms with Gasteiger partial charge in [0.05, 0.1) is 0 Å². The van der Waals surface area contributed by atoms with E-state index < -0.39 is 0 Å². The van der Waals surface area contributed by atoms with Gasteiger partial charge in [0.25, 0.3) is 0 Å². The van der Waals surface area contributed by atoms with E-state index in [0.29, 0.717) is 11.4 Å². The van der Waals surface area contributed by atoms with Crippen LogP contribution in [0.15, 0.2) is 0 Å². The zero-order valence-electron chi connectivity index (χ0n) is 6.55. The highest BCUT2D eigenvalue weighted by atomic mass is 32.2. The van der Waals surface area contributed by atoms with Crippen LogP contribution in [-0.2, 0) is 4.65 Å². The van der Waals surface area contributed by atoms with Gasteiger partial charge in [0, 0.05) is 6.10 Å². The van der Waals surface area contributed by atoms with Crippen molar-refractivity contribution in [2.75, 3.05) is 0 Å². The Morgan fingerprint density at radius 2 is 1.78 bits per heavy atom. The van der Waals surface area contributed by atoms with Gasteiger partial charge in [-0.3, -0.25) is 0 Å². The summed E-state index contributed by atoms with van der Waals surface area (Å²) in [4.78, 5) is 0. The van der Waals surface area contributed by atoms with Crippen molar-refractivity contribution in [1.82, 2.24) is 0 Å². The normalized spacial score (nSPS) is 10.9. The van der Waals surface area contributed by atoms with Gasteiger partial charge in [-0.1, -0.05) is 13.8 Å². The second-order valence-corrected chi connectivity index (χ2v) is 3.87. The lowest BCUT2D eigenvalue weighted by Gasteiger charge is -2.06. The van der Waals surface area contributed by atoms with Crippen molar-refractivity contribution in [3.8, 4) is 0 Å². The molecule has 0 spiro atoms. The van der Waals surface area contributed by atoms with Gasteiger partial charge in [0.15, 0.2) is 0 Å². The minimum absolute atomic E-state index is 0.316. The van der Waals surface area contributed by atoms with E-state index in [-0.39, 0.29) is 0 Å². The van der Waals surface area contributed by atoms with Crippen LogP contribution in [0.4, 0.5) is 0 Å². The predicted octanol–water partition coefficient (Wildman–Crippen LogP) is 2.09. The summed E-state index contributed by atoms with van der Waals surface area (Å²) >= 11 is 1.71. The maximum atomic E-state index is 5.19. The first-order chi connectivity index (χ1) is 4.13. The molecule has 0 amide bonds. The van der Waals surface area contributed by atoms with Gasteiger partial charge in [-0.05, 0) is 19.1 Å². The summed E-state index contributed by atoms with van der Waals surface area (Å²) in [6, 6.07) is 0. The summed E-state index contributed by atoms with van der Waals surface area (Å²) in [5.74, 6) is 0. The molecule has 3 heteroatoms. The van der Waals surface area contributed by atoms with Gasteiger partial charge in [-0.15, -0.1) is 0 Å². The fourth-order valence-electron chi connectivity index (χ4n) is 0.254. The highest BCUT2D eigenvalue weighted by molar-refractivity contribution is 8.22. The number of rotatable bonds is 4. The topological polar surface area (TPSA) is 9.23 Å². The molecule has 1 radical (unpaired) electrons. The summed E-state index contributed by atoms with van der Waals surface area (Å²) in [5.41, 5.74) is 0. The van der Waals surface area contributed by atoms with Gasteiger partial charge >= 0.3 is 6.76 Å². The van der Waals surface area contributed by atoms with Crippen molar-refractivity contribution in [3.63, 3.8) is 0 Å². The van der Waals surface area contributed by atoms with Crippen LogP contribution in [0.2, 0.25) is 0 Å². The fourth-order valence-corrected chi connectivity index (χ4v) is 0.763. The molecule has 0 fully saturated rings. The van der Waals surface area contributed by atoms with E-state index in [4.69, 9.17) is 4.65 Å². The van der Waals surface area contributed by atoms with Crippen molar-refractivity contribution in [3.05, 3.63) is 0 Å². The molecule has 0 rings (SSSR count). The molecule has 9 heavy (non-hydrogen) atoms. The molecule has 0 heterocycles. The van der Waals surface area contributed by atoms with Gasteiger partial charge in [-0.25, -0.2) is 0 Å². The van der Waals surface area contributed by atoms with Crippen LogP contribution >= 0.6 is 11.6 Å². The first-order valence-corrected chi connectivity index (χ1v) is 4.20. The smallest absolute Gasteiger partial charge is 0.372 e. The summed E-state index contributed by atoms with van der Waals surface area (Å²) in [7, 11) is 0. The minimum atomic E-state index is 0.316. The third-order valence-corrected chi connectivity index (χ3v) is 1.42. The van der Waals surface area contributed by atoms with Crippen LogP contribution in [0, 0.1) is 0 Å². The predicted molar refractivity (Wildman–Crippen MR) is 44.7 cm³/mol. The lowest BCUT2D eigenvalue weighted by Crippen LogP contribution is -2.06. The van der Waals surface area contributed by atoms with Crippen LogP contribution in [-0.4, -0.2) is 18.1 Å². The summed E-state index contributed by atoms with van der Waals surface area (Å²) < 4.78 is 5.19. The first kappa shape index (κ1) is 9.37. The van der Waals surface area contributed by atoms with Crippen molar-refractivity contribution < 1.29 is 4.65 Å². The summed E-state index contributed by atoms with van der Waals surface area (Å²) in [5, 5.41) is 0.628. The Morgan fingerprint density at radius 3 is 2.11 bits per heavy atom. The molecular weight excluding hydrogens is 131 g/mol. The largest absolute Gasteiger partial charge is 0.426 e. The molecule has 0 aliphatic heterocycles. The molecule has 0 bridgehead atoms. The fraction of sp³-hybridized carbons (Fsp3) is 1.00. The number of hydrogen-bond acceptors (Lipinski definition) is 2. The summed E-state index contributed by atoms with van der Waals surface area (Å²) in [6.45, 7) is 10.2. The molecule has 0 aromatic carbocycles. The second-order valence-electron chi connectivity index (χ2n) is 2.47. The van der Waals surface area contributed by atoms with E-state index in [1.54, 1.807) is 11.6 Å². The van der Waals surface area contributed by atoms with Crippen molar-refractivity contribution in [1.29, 1.82) is 0 Å². The molecule has 0 saturated carbocycles. The molecule has 0 atom stereocenters. The Kier molecular flexibility index (Phi) is 5.40. The van der Waals surface area contributed by atoms with Gasteiger partial charge in [-0.2, -0.15) is 11.6 Å². The first-order valence-electron chi connectivity index (χ1n) is 3.25. The van der Waals surface area contributed by atoms with Crippen LogP contribution in [0.3, 0.4) is 0 Å². The molecule has 0 unspecified atom stereocenters. The van der Waals surface area contributed by atoms with E-state index in [9.17, 15) is 0 Å². The average molecular weight is 145 g/mol. The monoisotopic (exact) mass is 145 g/mol. The molecule has 0 saturated heterocycles. The lowest BCUT2D eigenvalue weighted by molar-refractivity contribution is 0.264. The number of hydrogen-bond donors (Lipinski definition) is 0. The van der Waals surface area contributed by atoms with Gasteiger partial charge in [0.2, 0.25) is 0 Å². The second kappa shape index (κ2) is 5.18. The van der Waals surface area contributed by atoms with Crippen LogP contribution in [0.5, 0.6) is 0 Å². The van der Waals surface area contributed by atoms with Crippen molar-refractivity contribution in [2.24, 2.45) is 0 Å². The Labute approximate surface area is 62.7 Å². The van der Waals surface area contributed by atoms with E-state index in [1.165, 1.54) is 0 Å². The van der Waals surface area contributed by atoms with Gasteiger partial charge < -0.3 is 4.65 Å². The zero-order valence-corrected chi connectivity index (χ0v) is 7.37. The molecular formula is C6H14BOS. The van der Waals surface area contributed by atoms with Crippen molar-refractivity contribution >= 4 is 18.4 Å². The van der Waals surface area contributed by atoms with Crippen LogP contribution in [0.1, 0.15) is 27.7 Å². The minimum Gasteiger partial charge on any atom is -0.426 e. The third kappa shape index (κ3) is 8.37.